The molecule has 10 heteroatoms. The Morgan fingerprint density at radius 3 is 2.62 bits per heavy atom. The van der Waals surface area contributed by atoms with Crippen molar-refractivity contribution in [2.24, 2.45) is 0 Å². The molecule has 1 aliphatic rings. The van der Waals surface area contributed by atoms with Crippen molar-refractivity contribution in [3.8, 4) is 10.6 Å². The molecule has 0 unspecified atom stereocenters. The Morgan fingerprint density at radius 2 is 1.84 bits per heavy atom. The van der Waals surface area contributed by atoms with Crippen LogP contribution in [0.2, 0.25) is 0 Å². The first kappa shape index (κ1) is 23.1. The first-order valence-electron chi connectivity index (χ1n) is 12.1. The van der Waals surface area contributed by atoms with Crippen molar-refractivity contribution in [1.29, 1.82) is 0 Å². The van der Waals surface area contributed by atoms with Gasteiger partial charge in [0, 0.05) is 24.8 Å². The number of aromatic nitrogens is 4. The van der Waals surface area contributed by atoms with Gasteiger partial charge in [0.05, 0.1) is 10.4 Å². The standard InChI is InChI=1S/C27H24N6O3S/c34-26(17-33-23-5-2-1-4-21(23)29-31-33)28-20-9-7-18(8-10-20)19-11-13-32(14-12-19)27(35)22-16-24(36-30-22)25-6-3-15-37-25/h1-10,15-16,19H,11-14,17H2,(H,28,34). The van der Waals surface area contributed by atoms with Crippen LogP contribution in [0.4, 0.5) is 5.69 Å². The number of nitrogens with zero attached hydrogens (tertiary/aromatic N) is 5. The molecular formula is C27H24N6O3S. The van der Waals surface area contributed by atoms with Crippen molar-refractivity contribution in [3.05, 3.63) is 83.4 Å². The summed E-state index contributed by atoms with van der Waals surface area (Å²) in [4.78, 5) is 28.3. The average Bonchev–Trinajstić information content (AvgIpc) is 3.70. The molecule has 5 aromatic rings. The number of benzene rings is 2. The second-order valence-electron chi connectivity index (χ2n) is 9.03. The van der Waals surface area contributed by atoms with Gasteiger partial charge in [-0.1, -0.05) is 40.7 Å². The number of fused-ring (bicyclic) bond motifs is 1. The summed E-state index contributed by atoms with van der Waals surface area (Å²) in [6.07, 6.45) is 1.74. The van der Waals surface area contributed by atoms with Crippen LogP contribution in [0.5, 0.6) is 0 Å². The van der Waals surface area contributed by atoms with Crippen molar-refractivity contribution in [2.45, 2.75) is 25.3 Å². The summed E-state index contributed by atoms with van der Waals surface area (Å²) in [5.74, 6) is 0.720. The van der Waals surface area contributed by atoms with E-state index >= 15 is 0 Å². The van der Waals surface area contributed by atoms with E-state index in [1.54, 1.807) is 22.1 Å². The van der Waals surface area contributed by atoms with Gasteiger partial charge < -0.3 is 14.7 Å². The lowest BCUT2D eigenvalue weighted by Gasteiger charge is -2.31. The van der Waals surface area contributed by atoms with E-state index in [-0.39, 0.29) is 18.4 Å². The molecule has 2 aromatic carbocycles. The van der Waals surface area contributed by atoms with Crippen LogP contribution in [0, 0.1) is 0 Å². The molecule has 1 saturated heterocycles. The van der Waals surface area contributed by atoms with E-state index in [1.807, 2.05) is 70.9 Å². The molecule has 186 valence electrons. The lowest BCUT2D eigenvalue weighted by Crippen LogP contribution is -2.38. The molecule has 0 atom stereocenters. The van der Waals surface area contributed by atoms with E-state index in [0.717, 1.165) is 34.4 Å². The van der Waals surface area contributed by atoms with Gasteiger partial charge in [0.1, 0.15) is 12.1 Å². The van der Waals surface area contributed by atoms with E-state index in [0.29, 0.717) is 30.5 Å². The predicted molar refractivity (Wildman–Crippen MR) is 140 cm³/mol. The number of piperidine rings is 1. The van der Waals surface area contributed by atoms with Crippen LogP contribution in [0.15, 0.2) is 76.6 Å². The number of amides is 2. The highest BCUT2D eigenvalue weighted by Crippen LogP contribution is 2.30. The Kier molecular flexibility index (Phi) is 6.23. The first-order valence-corrected chi connectivity index (χ1v) is 13.0. The van der Waals surface area contributed by atoms with Gasteiger partial charge in [-0.2, -0.15) is 0 Å². The molecular weight excluding hydrogens is 488 g/mol. The molecule has 4 heterocycles. The first-order chi connectivity index (χ1) is 18.1. The zero-order valence-electron chi connectivity index (χ0n) is 19.9. The second kappa shape index (κ2) is 9.98. The highest BCUT2D eigenvalue weighted by atomic mass is 32.1. The Morgan fingerprint density at radius 1 is 1.03 bits per heavy atom. The summed E-state index contributed by atoms with van der Waals surface area (Å²) in [6, 6.07) is 21.1. The van der Waals surface area contributed by atoms with E-state index in [9.17, 15) is 9.59 Å². The van der Waals surface area contributed by atoms with Crippen LogP contribution >= 0.6 is 11.3 Å². The zero-order chi connectivity index (χ0) is 25.2. The molecule has 2 amide bonds. The van der Waals surface area contributed by atoms with Crippen LogP contribution in [-0.2, 0) is 11.3 Å². The third kappa shape index (κ3) is 4.88. The van der Waals surface area contributed by atoms with Crippen molar-refractivity contribution >= 4 is 39.9 Å². The number of carbonyl (C=O) groups is 2. The highest BCUT2D eigenvalue weighted by Gasteiger charge is 2.26. The largest absolute Gasteiger partial charge is 0.355 e. The molecule has 3 aromatic heterocycles. The summed E-state index contributed by atoms with van der Waals surface area (Å²) in [5, 5.41) is 17.0. The molecule has 1 fully saturated rings. The average molecular weight is 513 g/mol. The number of hydrogen-bond acceptors (Lipinski definition) is 7. The summed E-state index contributed by atoms with van der Waals surface area (Å²) >= 11 is 1.55. The van der Waals surface area contributed by atoms with E-state index in [2.05, 4.69) is 20.8 Å². The van der Waals surface area contributed by atoms with Crippen molar-refractivity contribution in [1.82, 2.24) is 25.1 Å². The maximum Gasteiger partial charge on any atom is 0.276 e. The molecule has 0 aliphatic carbocycles. The van der Waals surface area contributed by atoms with Crippen LogP contribution in [0.3, 0.4) is 0 Å². The van der Waals surface area contributed by atoms with E-state index in [4.69, 9.17) is 4.52 Å². The van der Waals surface area contributed by atoms with Crippen LogP contribution in [0.1, 0.15) is 34.8 Å². The fourth-order valence-corrected chi connectivity index (χ4v) is 5.37. The fourth-order valence-electron chi connectivity index (χ4n) is 4.70. The second-order valence-corrected chi connectivity index (χ2v) is 9.97. The van der Waals surface area contributed by atoms with Crippen LogP contribution in [0.25, 0.3) is 21.7 Å². The maximum absolute atomic E-state index is 12.9. The Bertz CT molecular complexity index is 1530. The summed E-state index contributed by atoms with van der Waals surface area (Å²) in [5.41, 5.74) is 3.87. The van der Waals surface area contributed by atoms with Crippen molar-refractivity contribution in [3.63, 3.8) is 0 Å². The molecule has 0 spiro atoms. The van der Waals surface area contributed by atoms with Gasteiger partial charge in [0.15, 0.2) is 11.5 Å². The van der Waals surface area contributed by atoms with Gasteiger partial charge in [-0.3, -0.25) is 9.59 Å². The lowest BCUT2D eigenvalue weighted by molar-refractivity contribution is -0.116. The van der Waals surface area contributed by atoms with Gasteiger partial charge in [-0.05, 0) is 60.0 Å². The van der Waals surface area contributed by atoms with Gasteiger partial charge in [-0.25, -0.2) is 4.68 Å². The summed E-state index contributed by atoms with van der Waals surface area (Å²) in [6.45, 7) is 1.42. The lowest BCUT2D eigenvalue weighted by atomic mass is 9.89. The monoisotopic (exact) mass is 512 g/mol. The minimum Gasteiger partial charge on any atom is -0.355 e. The molecule has 1 N–H and O–H groups in total. The van der Waals surface area contributed by atoms with Crippen LogP contribution < -0.4 is 5.32 Å². The minimum atomic E-state index is -0.162. The Hall–Kier alpha value is -4.31. The van der Waals surface area contributed by atoms with Gasteiger partial charge in [0.2, 0.25) is 5.91 Å². The molecule has 0 radical (unpaired) electrons. The molecule has 37 heavy (non-hydrogen) atoms. The molecule has 0 bridgehead atoms. The quantitative estimate of drug-likeness (QED) is 0.350. The Labute approximate surface area is 216 Å². The SMILES string of the molecule is O=C(Cn1nnc2ccccc21)Nc1ccc(C2CCN(C(=O)c3cc(-c4cccs4)on3)CC2)cc1. The third-order valence-electron chi connectivity index (χ3n) is 6.65. The number of likely N-dealkylation sites (tertiary alicyclic amines) is 1. The number of thiophene rings is 1. The molecule has 9 nitrogen and oxygen atoms in total. The molecule has 1 aliphatic heterocycles. The maximum atomic E-state index is 12.9. The Balaban J connectivity index is 1.02. The predicted octanol–water partition coefficient (Wildman–Crippen LogP) is 4.81. The van der Waals surface area contributed by atoms with Gasteiger partial charge in [-0.15, -0.1) is 16.4 Å². The van der Waals surface area contributed by atoms with Crippen molar-refractivity contribution < 1.29 is 14.1 Å². The van der Waals surface area contributed by atoms with E-state index < -0.39 is 0 Å². The summed E-state index contributed by atoms with van der Waals surface area (Å²) in [7, 11) is 0. The minimum absolute atomic E-state index is 0.0924. The number of carbonyl (C=O) groups excluding carboxylic acids is 2. The topological polar surface area (TPSA) is 106 Å². The van der Waals surface area contributed by atoms with Gasteiger partial charge >= 0.3 is 0 Å². The zero-order valence-corrected chi connectivity index (χ0v) is 20.7. The number of nitrogens with one attached hydrogen (secondary N) is 1. The summed E-state index contributed by atoms with van der Waals surface area (Å²) < 4.78 is 6.97. The highest BCUT2D eigenvalue weighted by molar-refractivity contribution is 7.13. The van der Waals surface area contributed by atoms with E-state index in [1.165, 1.54) is 5.56 Å². The number of anilines is 1. The molecule has 6 rings (SSSR count). The fraction of sp³-hybridized carbons (Fsp3) is 0.222. The number of para-hydroxylation sites is 1. The van der Waals surface area contributed by atoms with Gasteiger partial charge in [0.25, 0.3) is 5.91 Å². The van der Waals surface area contributed by atoms with Crippen molar-refractivity contribution in [2.75, 3.05) is 18.4 Å². The number of rotatable bonds is 6. The smallest absolute Gasteiger partial charge is 0.276 e. The third-order valence-corrected chi connectivity index (χ3v) is 7.54. The normalized spacial score (nSPS) is 14.2. The molecule has 0 saturated carbocycles. The number of hydrogen-bond donors (Lipinski definition) is 1. The van der Waals surface area contributed by atoms with Crippen LogP contribution in [-0.4, -0.2) is 50.0 Å².